The number of nitrogens with two attached hydrogens (primary N) is 1. The Hall–Kier alpha value is -2.12. The maximum atomic E-state index is 12.5. The highest BCUT2D eigenvalue weighted by atomic mass is 35.5. The molecular formula is C18H14Cl4N4O2. The van der Waals surface area contributed by atoms with E-state index in [-0.39, 0.29) is 18.0 Å². The van der Waals surface area contributed by atoms with Crippen LogP contribution in [0.3, 0.4) is 0 Å². The summed E-state index contributed by atoms with van der Waals surface area (Å²) in [7, 11) is 0. The lowest BCUT2D eigenvalue weighted by Crippen LogP contribution is -2.10. The van der Waals surface area contributed by atoms with E-state index in [1.54, 1.807) is 25.1 Å². The zero-order valence-electron chi connectivity index (χ0n) is 14.4. The molecule has 0 atom stereocenters. The molecule has 3 aromatic rings. The van der Waals surface area contributed by atoms with Gasteiger partial charge in [-0.25, -0.2) is 9.78 Å². The van der Waals surface area contributed by atoms with Crippen molar-refractivity contribution in [2.75, 3.05) is 17.7 Å². The van der Waals surface area contributed by atoms with Gasteiger partial charge in [0.25, 0.3) is 0 Å². The number of nitrogen functional groups attached to an aromatic ring is 1. The number of ether oxygens (including phenoxy) is 1. The minimum atomic E-state index is -0.579. The summed E-state index contributed by atoms with van der Waals surface area (Å²) in [6.07, 6.45) is 1.43. The van der Waals surface area contributed by atoms with Gasteiger partial charge in [-0.15, -0.1) is 0 Å². The minimum Gasteiger partial charge on any atom is -0.462 e. The first-order valence-electron chi connectivity index (χ1n) is 8.03. The van der Waals surface area contributed by atoms with Gasteiger partial charge in [0.05, 0.1) is 49.1 Å². The third kappa shape index (κ3) is 4.31. The molecule has 2 aromatic carbocycles. The average Bonchev–Trinajstić information content (AvgIpc) is 3.02. The number of aromatic amines is 1. The zero-order chi connectivity index (χ0) is 20.4. The highest BCUT2D eigenvalue weighted by Gasteiger charge is 2.18. The Bertz CT molecular complexity index is 1060. The first-order chi connectivity index (χ1) is 13.3. The van der Waals surface area contributed by atoms with Crippen molar-refractivity contribution in [3.8, 4) is 0 Å². The number of hydrogen-bond donors (Lipinski definition) is 3. The molecule has 0 aliphatic rings. The zero-order valence-corrected chi connectivity index (χ0v) is 17.5. The van der Waals surface area contributed by atoms with Gasteiger partial charge in [-0.3, -0.25) is 0 Å². The van der Waals surface area contributed by atoms with Crippen LogP contribution < -0.4 is 11.1 Å². The van der Waals surface area contributed by atoms with E-state index in [9.17, 15) is 4.79 Å². The second-order valence-electron chi connectivity index (χ2n) is 5.65. The third-order valence-electron chi connectivity index (χ3n) is 3.74. The summed E-state index contributed by atoms with van der Waals surface area (Å²) < 4.78 is 5.13. The van der Waals surface area contributed by atoms with Crippen LogP contribution >= 0.6 is 46.4 Å². The molecule has 1 heterocycles. The molecule has 0 saturated carbocycles. The lowest BCUT2D eigenvalue weighted by molar-refractivity contribution is -0.136. The van der Waals surface area contributed by atoms with Crippen molar-refractivity contribution in [3.63, 3.8) is 0 Å². The van der Waals surface area contributed by atoms with Gasteiger partial charge >= 0.3 is 5.97 Å². The summed E-state index contributed by atoms with van der Waals surface area (Å²) in [5.41, 5.74) is 8.09. The van der Waals surface area contributed by atoms with E-state index in [2.05, 4.69) is 15.3 Å². The van der Waals surface area contributed by atoms with Gasteiger partial charge in [-0.2, -0.15) is 0 Å². The van der Waals surface area contributed by atoms with Gasteiger partial charge in [-0.1, -0.05) is 46.4 Å². The number of anilines is 2. The summed E-state index contributed by atoms with van der Waals surface area (Å²) in [5.74, 6) is -0.303. The van der Waals surface area contributed by atoms with E-state index < -0.39 is 5.97 Å². The van der Waals surface area contributed by atoms with Gasteiger partial charge < -0.3 is 20.8 Å². The highest BCUT2D eigenvalue weighted by Crippen LogP contribution is 2.32. The van der Waals surface area contributed by atoms with Crippen molar-refractivity contribution < 1.29 is 9.53 Å². The molecule has 6 nitrogen and oxygen atoms in total. The molecular weight excluding hydrogens is 446 g/mol. The van der Waals surface area contributed by atoms with Crippen LogP contribution in [0.15, 0.2) is 30.5 Å². The van der Waals surface area contributed by atoms with Crippen molar-refractivity contribution in [1.29, 1.82) is 0 Å². The monoisotopic (exact) mass is 458 g/mol. The summed E-state index contributed by atoms with van der Waals surface area (Å²) in [6.45, 7) is 1.90. The summed E-state index contributed by atoms with van der Waals surface area (Å²) in [4.78, 5) is 19.9. The van der Waals surface area contributed by atoms with Crippen LogP contribution in [0.2, 0.25) is 20.1 Å². The van der Waals surface area contributed by atoms with Crippen molar-refractivity contribution in [1.82, 2.24) is 9.97 Å². The minimum absolute atomic E-state index is 0.149. The van der Waals surface area contributed by atoms with Crippen molar-refractivity contribution in [2.45, 2.75) is 6.92 Å². The number of rotatable bonds is 5. The third-order valence-corrected chi connectivity index (χ3v) is 5.18. The number of H-pyrrole nitrogens is 1. The average molecular weight is 460 g/mol. The normalized spacial score (nSPS) is 11.7. The molecule has 0 bridgehead atoms. The van der Waals surface area contributed by atoms with Crippen LogP contribution in [-0.4, -0.2) is 22.5 Å². The number of carbonyl (C=O) groups is 1. The van der Waals surface area contributed by atoms with E-state index in [0.717, 1.165) is 0 Å². The Kier molecular flexibility index (Phi) is 6.25. The Balaban J connectivity index is 2.03. The van der Waals surface area contributed by atoms with Crippen LogP contribution in [0, 0.1) is 0 Å². The Morgan fingerprint density at radius 1 is 1.14 bits per heavy atom. The maximum absolute atomic E-state index is 12.5. The van der Waals surface area contributed by atoms with Gasteiger partial charge in [0, 0.05) is 6.20 Å². The molecule has 28 heavy (non-hydrogen) atoms. The SMILES string of the molecule is CCOC(=O)/C(=C/Nc1cc(Cl)c(Cl)cc1N)c1nc2cc(Cl)c(Cl)cc2[nH]1. The molecule has 10 heteroatoms. The molecule has 0 unspecified atom stereocenters. The fourth-order valence-electron chi connectivity index (χ4n) is 2.40. The van der Waals surface area contributed by atoms with E-state index in [1.807, 2.05) is 0 Å². The fraction of sp³-hybridized carbons (Fsp3) is 0.111. The van der Waals surface area contributed by atoms with Crippen molar-refractivity contribution in [2.24, 2.45) is 0 Å². The quantitative estimate of drug-likeness (QED) is 0.255. The molecule has 0 fully saturated rings. The maximum Gasteiger partial charge on any atom is 0.343 e. The molecule has 1 aromatic heterocycles. The lowest BCUT2D eigenvalue weighted by atomic mass is 10.2. The number of benzene rings is 2. The number of hydrogen-bond acceptors (Lipinski definition) is 5. The lowest BCUT2D eigenvalue weighted by Gasteiger charge is -2.09. The predicted octanol–water partition coefficient (Wildman–Crippen LogP) is 5.77. The largest absolute Gasteiger partial charge is 0.462 e. The second-order valence-corrected chi connectivity index (χ2v) is 7.27. The van der Waals surface area contributed by atoms with Crippen LogP contribution in [0.5, 0.6) is 0 Å². The number of nitrogens with zero attached hydrogens (tertiary/aromatic N) is 1. The number of imidazole rings is 1. The van der Waals surface area contributed by atoms with E-state index >= 15 is 0 Å². The standard InChI is InChI=1S/C18H14Cl4N4O2/c1-2-28-18(27)8(7-24-14-4-10(20)9(19)3-13(14)23)17-25-15-5-11(21)12(22)6-16(15)26-17/h3-7,24H,2,23H2,1H3,(H,25,26)/b8-7+. The molecule has 0 radical (unpaired) electrons. The molecule has 0 amide bonds. The van der Waals surface area contributed by atoms with E-state index in [1.165, 1.54) is 12.3 Å². The Labute approximate surface area is 180 Å². The van der Waals surface area contributed by atoms with Crippen molar-refractivity contribution in [3.05, 3.63) is 56.4 Å². The molecule has 0 aliphatic heterocycles. The summed E-state index contributed by atoms with van der Waals surface area (Å²) >= 11 is 24.0. The molecule has 0 saturated heterocycles. The topological polar surface area (TPSA) is 93.0 Å². The van der Waals surface area contributed by atoms with E-state index in [0.29, 0.717) is 42.5 Å². The summed E-state index contributed by atoms with van der Waals surface area (Å²) in [5, 5.41) is 4.31. The Morgan fingerprint density at radius 2 is 1.79 bits per heavy atom. The number of esters is 1. The predicted molar refractivity (Wildman–Crippen MR) is 115 cm³/mol. The Morgan fingerprint density at radius 3 is 2.50 bits per heavy atom. The van der Waals surface area contributed by atoms with Gasteiger partial charge in [0.2, 0.25) is 0 Å². The number of halogens is 4. The van der Waals surface area contributed by atoms with Crippen LogP contribution in [-0.2, 0) is 9.53 Å². The smallest absolute Gasteiger partial charge is 0.343 e. The van der Waals surface area contributed by atoms with Crippen molar-refractivity contribution >= 4 is 80.4 Å². The highest BCUT2D eigenvalue weighted by molar-refractivity contribution is 6.43. The second kappa shape index (κ2) is 8.49. The van der Waals surface area contributed by atoms with E-state index in [4.69, 9.17) is 56.9 Å². The fourth-order valence-corrected chi connectivity index (χ4v) is 3.06. The van der Waals surface area contributed by atoms with Crippen LogP contribution in [0.1, 0.15) is 12.7 Å². The van der Waals surface area contributed by atoms with Crippen LogP contribution in [0.25, 0.3) is 16.6 Å². The number of fused-ring (bicyclic) bond motifs is 1. The number of nitrogens with one attached hydrogen (secondary N) is 2. The first kappa shape index (κ1) is 20.6. The molecule has 4 N–H and O–H groups in total. The van der Waals surface area contributed by atoms with Gasteiger partial charge in [0.1, 0.15) is 11.4 Å². The number of carbonyl (C=O) groups excluding carboxylic acids is 1. The molecule has 3 rings (SSSR count). The molecule has 146 valence electrons. The first-order valence-corrected chi connectivity index (χ1v) is 9.54. The summed E-state index contributed by atoms with van der Waals surface area (Å²) in [6, 6.07) is 6.29. The van der Waals surface area contributed by atoms with Gasteiger partial charge in [0.15, 0.2) is 0 Å². The molecule has 0 aliphatic carbocycles. The molecule has 0 spiro atoms. The number of aromatic nitrogens is 2. The van der Waals surface area contributed by atoms with Crippen LogP contribution in [0.4, 0.5) is 11.4 Å². The van der Waals surface area contributed by atoms with Gasteiger partial charge in [-0.05, 0) is 31.2 Å².